The molecule has 4 N–H and O–H groups in total. The molecule has 0 unspecified atom stereocenters. The van der Waals surface area contributed by atoms with Crippen molar-refractivity contribution in [3.63, 3.8) is 0 Å². The highest BCUT2D eigenvalue weighted by molar-refractivity contribution is 5.99. The molecule has 0 aliphatic carbocycles. The predicted octanol–water partition coefficient (Wildman–Crippen LogP) is 2.55. The fourth-order valence-electron chi connectivity index (χ4n) is 2.16. The number of para-hydroxylation sites is 2. The first kappa shape index (κ1) is 16.7. The zero-order valence-corrected chi connectivity index (χ0v) is 12.9. The van der Waals surface area contributed by atoms with Gasteiger partial charge in [-0.15, -0.1) is 0 Å². The Morgan fingerprint density at radius 2 is 1.30 bits per heavy atom. The molecule has 0 aliphatic rings. The van der Waals surface area contributed by atoms with Gasteiger partial charge in [0.15, 0.2) is 0 Å². The molecule has 0 saturated heterocycles. The van der Waals surface area contributed by atoms with E-state index in [-0.39, 0.29) is 24.8 Å². The summed E-state index contributed by atoms with van der Waals surface area (Å²) in [7, 11) is 0. The molecule has 0 radical (unpaired) electrons. The smallest absolute Gasteiger partial charge is 0.225 e. The maximum atomic E-state index is 12.1. The number of carbonyl (C=O) groups is 2. The van der Waals surface area contributed by atoms with E-state index in [9.17, 15) is 9.59 Å². The van der Waals surface area contributed by atoms with Crippen LogP contribution >= 0.6 is 0 Å². The van der Waals surface area contributed by atoms with Crippen molar-refractivity contribution < 1.29 is 9.59 Å². The summed E-state index contributed by atoms with van der Waals surface area (Å²) in [5.41, 5.74) is 7.66. The van der Waals surface area contributed by atoms with Gasteiger partial charge in [0.05, 0.1) is 11.4 Å². The van der Waals surface area contributed by atoms with Crippen molar-refractivity contribution >= 4 is 23.2 Å². The van der Waals surface area contributed by atoms with Crippen LogP contribution in [0, 0.1) is 0 Å². The molecule has 2 amide bonds. The number of hydrogen-bond donors (Lipinski definition) is 3. The van der Waals surface area contributed by atoms with Crippen LogP contribution in [0.4, 0.5) is 11.4 Å². The van der Waals surface area contributed by atoms with Gasteiger partial charge in [-0.3, -0.25) is 9.59 Å². The summed E-state index contributed by atoms with van der Waals surface area (Å²) < 4.78 is 0. The second kappa shape index (κ2) is 8.70. The largest absolute Gasteiger partial charge is 0.330 e. The number of carbonyl (C=O) groups excluding carboxylic acids is 2. The SMILES string of the molecule is NCCC(=O)Nc1ccccc1NC(=O)CCc1ccccc1. The third-order valence-corrected chi connectivity index (χ3v) is 3.33. The Kier molecular flexibility index (Phi) is 6.32. The number of hydrogen-bond acceptors (Lipinski definition) is 3. The van der Waals surface area contributed by atoms with Crippen LogP contribution in [0.15, 0.2) is 54.6 Å². The van der Waals surface area contributed by atoms with Gasteiger partial charge in [-0.2, -0.15) is 0 Å². The molecule has 0 spiro atoms. The highest BCUT2D eigenvalue weighted by Gasteiger charge is 2.09. The highest BCUT2D eigenvalue weighted by atomic mass is 16.2. The van der Waals surface area contributed by atoms with Crippen LogP contribution in [0.5, 0.6) is 0 Å². The standard InChI is InChI=1S/C18H21N3O2/c19-13-12-18(23)21-16-9-5-4-8-15(16)20-17(22)11-10-14-6-2-1-3-7-14/h1-9H,10-13,19H2,(H,20,22)(H,21,23). The molecule has 0 heterocycles. The molecule has 23 heavy (non-hydrogen) atoms. The third kappa shape index (κ3) is 5.56. The van der Waals surface area contributed by atoms with E-state index in [2.05, 4.69) is 10.6 Å². The van der Waals surface area contributed by atoms with Crippen molar-refractivity contribution in [1.29, 1.82) is 0 Å². The summed E-state index contributed by atoms with van der Waals surface area (Å²) in [6, 6.07) is 17.0. The normalized spacial score (nSPS) is 10.1. The van der Waals surface area contributed by atoms with Crippen LogP contribution in [-0.2, 0) is 16.0 Å². The Morgan fingerprint density at radius 1 is 0.783 bits per heavy atom. The Morgan fingerprint density at radius 3 is 1.87 bits per heavy atom. The second-order valence-electron chi connectivity index (χ2n) is 5.17. The van der Waals surface area contributed by atoms with Gasteiger partial charge in [0.25, 0.3) is 0 Å². The van der Waals surface area contributed by atoms with Crippen molar-refractivity contribution in [3.8, 4) is 0 Å². The van der Waals surface area contributed by atoms with Gasteiger partial charge in [0.2, 0.25) is 11.8 Å². The molecular formula is C18H21N3O2. The molecule has 5 heteroatoms. The summed E-state index contributed by atoms with van der Waals surface area (Å²) in [4.78, 5) is 23.8. The van der Waals surface area contributed by atoms with Gasteiger partial charge in [-0.25, -0.2) is 0 Å². The molecule has 2 rings (SSSR count). The molecule has 0 atom stereocenters. The van der Waals surface area contributed by atoms with Crippen molar-refractivity contribution in [2.24, 2.45) is 5.73 Å². The van der Waals surface area contributed by atoms with E-state index in [1.165, 1.54) is 0 Å². The van der Waals surface area contributed by atoms with Gasteiger partial charge in [0, 0.05) is 19.4 Å². The van der Waals surface area contributed by atoms with Gasteiger partial charge >= 0.3 is 0 Å². The molecule has 2 aromatic carbocycles. The zero-order chi connectivity index (χ0) is 16.5. The average molecular weight is 311 g/mol. The van der Waals surface area contributed by atoms with Crippen LogP contribution in [0.1, 0.15) is 18.4 Å². The highest BCUT2D eigenvalue weighted by Crippen LogP contribution is 2.21. The van der Waals surface area contributed by atoms with E-state index in [1.807, 2.05) is 36.4 Å². The number of nitrogens with two attached hydrogens (primary N) is 1. The molecular weight excluding hydrogens is 290 g/mol. The van der Waals surface area contributed by atoms with E-state index in [4.69, 9.17) is 5.73 Å². The number of rotatable bonds is 7. The van der Waals surface area contributed by atoms with Crippen LogP contribution < -0.4 is 16.4 Å². The molecule has 120 valence electrons. The van der Waals surface area contributed by atoms with E-state index in [1.54, 1.807) is 18.2 Å². The Balaban J connectivity index is 1.94. The molecule has 0 bridgehead atoms. The van der Waals surface area contributed by atoms with Crippen LogP contribution in [0.25, 0.3) is 0 Å². The van der Waals surface area contributed by atoms with Crippen molar-refractivity contribution in [2.75, 3.05) is 17.2 Å². The summed E-state index contributed by atoms with van der Waals surface area (Å²) >= 11 is 0. The zero-order valence-electron chi connectivity index (χ0n) is 12.9. The number of nitrogens with one attached hydrogen (secondary N) is 2. The first-order chi connectivity index (χ1) is 11.2. The number of aryl methyl sites for hydroxylation is 1. The quantitative estimate of drug-likeness (QED) is 0.734. The summed E-state index contributed by atoms with van der Waals surface area (Å²) in [5, 5.41) is 5.60. The van der Waals surface area contributed by atoms with Crippen LogP contribution in [-0.4, -0.2) is 18.4 Å². The molecule has 0 saturated carbocycles. The lowest BCUT2D eigenvalue weighted by Crippen LogP contribution is -2.18. The summed E-state index contributed by atoms with van der Waals surface area (Å²) in [6.45, 7) is 0.289. The number of amides is 2. The average Bonchev–Trinajstić information content (AvgIpc) is 2.56. The van der Waals surface area contributed by atoms with E-state index < -0.39 is 0 Å². The van der Waals surface area contributed by atoms with E-state index >= 15 is 0 Å². The van der Waals surface area contributed by atoms with Gasteiger partial charge < -0.3 is 16.4 Å². The molecule has 0 fully saturated rings. The summed E-state index contributed by atoms with van der Waals surface area (Å²) in [5.74, 6) is -0.257. The first-order valence-corrected chi connectivity index (χ1v) is 7.62. The minimum Gasteiger partial charge on any atom is -0.330 e. The predicted molar refractivity (Wildman–Crippen MR) is 92.1 cm³/mol. The van der Waals surface area contributed by atoms with Gasteiger partial charge in [-0.1, -0.05) is 42.5 Å². The minimum absolute atomic E-state index is 0.0885. The molecule has 5 nitrogen and oxygen atoms in total. The molecule has 0 aromatic heterocycles. The molecule has 2 aromatic rings. The lowest BCUT2D eigenvalue weighted by atomic mass is 10.1. The Bertz CT molecular complexity index is 656. The lowest BCUT2D eigenvalue weighted by Gasteiger charge is -2.12. The first-order valence-electron chi connectivity index (χ1n) is 7.62. The van der Waals surface area contributed by atoms with Crippen molar-refractivity contribution in [2.45, 2.75) is 19.3 Å². The number of benzene rings is 2. The third-order valence-electron chi connectivity index (χ3n) is 3.33. The van der Waals surface area contributed by atoms with Crippen molar-refractivity contribution in [1.82, 2.24) is 0 Å². The van der Waals surface area contributed by atoms with Crippen LogP contribution in [0.3, 0.4) is 0 Å². The monoisotopic (exact) mass is 311 g/mol. The van der Waals surface area contributed by atoms with Gasteiger partial charge in [0.1, 0.15) is 0 Å². The Hall–Kier alpha value is -2.66. The van der Waals surface area contributed by atoms with Crippen molar-refractivity contribution in [3.05, 3.63) is 60.2 Å². The topological polar surface area (TPSA) is 84.2 Å². The van der Waals surface area contributed by atoms with Gasteiger partial charge in [-0.05, 0) is 24.1 Å². The van der Waals surface area contributed by atoms with E-state index in [0.29, 0.717) is 24.2 Å². The van der Waals surface area contributed by atoms with Crippen LogP contribution in [0.2, 0.25) is 0 Å². The fraction of sp³-hybridized carbons (Fsp3) is 0.222. The summed E-state index contributed by atoms with van der Waals surface area (Å²) in [6.07, 6.45) is 1.31. The minimum atomic E-state index is -0.168. The maximum absolute atomic E-state index is 12.1. The number of anilines is 2. The second-order valence-corrected chi connectivity index (χ2v) is 5.17. The molecule has 0 aliphatic heterocycles. The van der Waals surface area contributed by atoms with E-state index in [0.717, 1.165) is 5.56 Å². The fourth-order valence-corrected chi connectivity index (χ4v) is 2.16. The maximum Gasteiger partial charge on any atom is 0.225 e. The Labute approximate surface area is 135 Å². The lowest BCUT2D eigenvalue weighted by molar-refractivity contribution is -0.117.